The number of nitrogen functional groups attached to an aromatic ring is 1. The number of carbonyl (C=O) groups is 2. The number of thiazole rings is 1. The SMILES string of the molecule is CC#CC(=O)N1CCCC(n2nc(-c3ccc(C=O)cc3)c3c(N)ncnc32)C1.CNc1nccs1. The Labute approximate surface area is 212 Å². The summed E-state index contributed by atoms with van der Waals surface area (Å²) in [6.45, 7) is 2.85. The Bertz CT molecular complexity index is 1400. The van der Waals surface area contributed by atoms with E-state index in [1.165, 1.54) is 6.33 Å². The lowest BCUT2D eigenvalue weighted by molar-refractivity contribution is -0.126. The second-order valence-electron chi connectivity index (χ2n) is 8.00. The molecule has 4 heterocycles. The van der Waals surface area contributed by atoms with Crippen LogP contribution in [0.2, 0.25) is 0 Å². The minimum absolute atomic E-state index is 0.0360. The minimum atomic E-state index is -0.174. The lowest BCUT2D eigenvalue weighted by atomic mass is 10.1. The molecule has 0 spiro atoms. The zero-order valence-electron chi connectivity index (χ0n) is 20.0. The van der Waals surface area contributed by atoms with Crippen LogP contribution in [0.5, 0.6) is 0 Å². The second kappa shape index (κ2) is 11.4. The molecule has 0 aliphatic carbocycles. The number of likely N-dealkylation sites (tertiary alicyclic amines) is 1. The van der Waals surface area contributed by atoms with Gasteiger partial charge < -0.3 is 16.0 Å². The van der Waals surface area contributed by atoms with Crippen molar-refractivity contribution in [3.8, 4) is 23.1 Å². The number of aromatic nitrogens is 5. The van der Waals surface area contributed by atoms with Crippen LogP contribution < -0.4 is 11.1 Å². The Balaban J connectivity index is 0.000000375. The van der Waals surface area contributed by atoms with Gasteiger partial charge >= 0.3 is 0 Å². The third kappa shape index (κ3) is 5.34. The van der Waals surface area contributed by atoms with Crippen LogP contribution in [0.1, 0.15) is 36.2 Å². The van der Waals surface area contributed by atoms with Crippen LogP contribution in [-0.4, -0.2) is 62.0 Å². The average molecular weight is 503 g/mol. The molecule has 1 atom stereocenters. The molecule has 1 aromatic carbocycles. The predicted octanol–water partition coefficient (Wildman–Crippen LogP) is 3.26. The first kappa shape index (κ1) is 24.8. The lowest BCUT2D eigenvalue weighted by Gasteiger charge is -2.31. The van der Waals surface area contributed by atoms with Crippen molar-refractivity contribution in [1.82, 2.24) is 29.6 Å². The lowest BCUT2D eigenvalue weighted by Crippen LogP contribution is -2.40. The number of piperidine rings is 1. The number of rotatable bonds is 4. The van der Waals surface area contributed by atoms with E-state index in [0.717, 1.165) is 29.8 Å². The summed E-state index contributed by atoms with van der Waals surface area (Å²) in [6, 6.07) is 7.09. The van der Waals surface area contributed by atoms with Crippen LogP contribution >= 0.6 is 11.3 Å². The maximum Gasteiger partial charge on any atom is 0.298 e. The highest BCUT2D eigenvalue weighted by Crippen LogP contribution is 2.33. The molecule has 1 unspecified atom stereocenters. The molecule has 3 N–H and O–H groups in total. The summed E-state index contributed by atoms with van der Waals surface area (Å²) in [5.41, 5.74) is 8.86. The molecule has 0 bridgehead atoms. The van der Waals surface area contributed by atoms with Gasteiger partial charge in [-0.3, -0.25) is 9.59 Å². The van der Waals surface area contributed by atoms with E-state index < -0.39 is 0 Å². The van der Waals surface area contributed by atoms with Crippen LogP contribution in [0.4, 0.5) is 10.9 Å². The molecule has 5 rings (SSSR count). The van der Waals surface area contributed by atoms with Crippen molar-refractivity contribution in [1.29, 1.82) is 0 Å². The van der Waals surface area contributed by atoms with E-state index in [-0.39, 0.29) is 11.9 Å². The molecule has 4 aromatic rings. The molecule has 1 amide bonds. The topological polar surface area (TPSA) is 132 Å². The third-order valence-corrected chi connectivity index (χ3v) is 6.54. The Morgan fingerprint density at radius 3 is 2.69 bits per heavy atom. The van der Waals surface area contributed by atoms with Crippen molar-refractivity contribution in [2.45, 2.75) is 25.8 Å². The van der Waals surface area contributed by atoms with Gasteiger partial charge in [0.1, 0.15) is 24.1 Å². The second-order valence-corrected chi connectivity index (χ2v) is 8.89. The summed E-state index contributed by atoms with van der Waals surface area (Å²) >= 11 is 1.60. The molecular formula is C25H26N8O2S. The van der Waals surface area contributed by atoms with Crippen molar-refractivity contribution < 1.29 is 9.59 Å². The van der Waals surface area contributed by atoms with Gasteiger partial charge in [0.15, 0.2) is 10.8 Å². The van der Waals surface area contributed by atoms with Gasteiger partial charge in [-0.1, -0.05) is 30.2 Å². The van der Waals surface area contributed by atoms with Gasteiger partial charge in [0.05, 0.1) is 11.4 Å². The van der Waals surface area contributed by atoms with Crippen molar-refractivity contribution in [2.24, 2.45) is 0 Å². The number of nitrogens with one attached hydrogen (secondary N) is 1. The van der Waals surface area contributed by atoms with E-state index in [1.807, 2.05) is 29.2 Å². The first-order valence-electron chi connectivity index (χ1n) is 11.4. The standard InChI is InChI=1S/C21H20N6O2.C4H6N2S/c1-2-4-17(29)26-10-3-5-16(11-26)27-21-18(20(22)23-13-24-21)19(25-27)15-8-6-14(12-28)7-9-15;1-5-4-6-2-3-7-4/h6-9,12-13,16H,3,5,10-11H2,1H3,(H2,22,23,24);2-3H,1H3,(H,5,6). The number of nitrogens with zero attached hydrogens (tertiary/aromatic N) is 6. The summed E-state index contributed by atoms with van der Waals surface area (Å²) in [7, 11) is 1.86. The van der Waals surface area contributed by atoms with Crippen molar-refractivity contribution >= 4 is 45.5 Å². The first-order chi connectivity index (χ1) is 17.5. The molecule has 1 saturated heterocycles. The number of fused-ring (bicyclic) bond motifs is 1. The maximum atomic E-state index is 12.2. The van der Waals surface area contributed by atoms with Gasteiger partial charge in [0.2, 0.25) is 0 Å². The van der Waals surface area contributed by atoms with Crippen LogP contribution in [-0.2, 0) is 4.79 Å². The zero-order chi connectivity index (χ0) is 25.5. The van der Waals surface area contributed by atoms with Crippen LogP contribution in [0.25, 0.3) is 22.3 Å². The first-order valence-corrected chi connectivity index (χ1v) is 12.3. The van der Waals surface area contributed by atoms with Gasteiger partial charge in [0.25, 0.3) is 5.91 Å². The van der Waals surface area contributed by atoms with E-state index in [9.17, 15) is 9.59 Å². The number of hydrogen-bond donors (Lipinski definition) is 2. The number of benzene rings is 1. The summed E-state index contributed by atoms with van der Waals surface area (Å²) in [4.78, 5) is 37.4. The van der Waals surface area contributed by atoms with E-state index in [4.69, 9.17) is 10.8 Å². The van der Waals surface area contributed by atoms with Gasteiger partial charge in [-0.05, 0) is 25.7 Å². The number of amides is 1. The van der Waals surface area contributed by atoms with Crippen LogP contribution in [0.3, 0.4) is 0 Å². The number of anilines is 2. The van der Waals surface area contributed by atoms with E-state index in [1.54, 1.807) is 41.5 Å². The van der Waals surface area contributed by atoms with Gasteiger partial charge in [-0.15, -0.1) is 11.3 Å². The fourth-order valence-electron chi connectivity index (χ4n) is 4.04. The Morgan fingerprint density at radius 2 is 2.06 bits per heavy atom. The smallest absolute Gasteiger partial charge is 0.298 e. The van der Waals surface area contributed by atoms with Gasteiger partial charge in [0, 0.05) is 42.8 Å². The Kier molecular flexibility index (Phi) is 7.87. The summed E-state index contributed by atoms with van der Waals surface area (Å²) in [5, 5.41) is 11.3. The van der Waals surface area contributed by atoms with Crippen LogP contribution in [0, 0.1) is 11.8 Å². The van der Waals surface area contributed by atoms with Crippen molar-refractivity contribution in [2.75, 3.05) is 31.2 Å². The summed E-state index contributed by atoms with van der Waals surface area (Å²) in [5.74, 6) is 5.44. The van der Waals surface area contributed by atoms with Crippen molar-refractivity contribution in [3.63, 3.8) is 0 Å². The van der Waals surface area contributed by atoms with Crippen LogP contribution in [0.15, 0.2) is 42.2 Å². The molecule has 184 valence electrons. The third-order valence-electron chi connectivity index (χ3n) is 5.75. The number of hydrogen-bond acceptors (Lipinski definition) is 9. The minimum Gasteiger partial charge on any atom is -0.383 e. The van der Waals surface area contributed by atoms with E-state index in [0.29, 0.717) is 41.2 Å². The summed E-state index contributed by atoms with van der Waals surface area (Å²) < 4.78 is 1.84. The maximum absolute atomic E-state index is 12.2. The predicted molar refractivity (Wildman–Crippen MR) is 141 cm³/mol. The monoisotopic (exact) mass is 502 g/mol. The molecule has 1 aliphatic heterocycles. The van der Waals surface area contributed by atoms with Gasteiger partial charge in [-0.2, -0.15) is 5.10 Å². The highest BCUT2D eigenvalue weighted by atomic mass is 32.1. The number of nitrogens with two attached hydrogens (primary N) is 1. The Morgan fingerprint density at radius 1 is 1.25 bits per heavy atom. The average Bonchev–Trinajstić information content (AvgIpc) is 3.58. The van der Waals surface area contributed by atoms with E-state index in [2.05, 4.69) is 32.1 Å². The number of aldehydes is 1. The molecule has 0 saturated carbocycles. The molecular weight excluding hydrogens is 476 g/mol. The molecule has 36 heavy (non-hydrogen) atoms. The van der Waals surface area contributed by atoms with E-state index >= 15 is 0 Å². The number of carbonyl (C=O) groups excluding carboxylic acids is 2. The largest absolute Gasteiger partial charge is 0.383 e. The Hall–Kier alpha value is -4.30. The molecule has 1 fully saturated rings. The molecule has 3 aromatic heterocycles. The highest BCUT2D eigenvalue weighted by Gasteiger charge is 2.28. The normalized spacial score (nSPS) is 14.8. The summed E-state index contributed by atoms with van der Waals surface area (Å²) in [6.07, 6.45) is 5.71. The molecule has 1 aliphatic rings. The molecule has 10 nitrogen and oxygen atoms in total. The quantitative estimate of drug-likeness (QED) is 0.321. The molecule has 11 heteroatoms. The fraction of sp³-hybridized carbons (Fsp3) is 0.280. The molecule has 0 radical (unpaired) electrons. The van der Waals surface area contributed by atoms with Gasteiger partial charge in [-0.25, -0.2) is 19.6 Å². The van der Waals surface area contributed by atoms with Crippen molar-refractivity contribution in [3.05, 3.63) is 47.7 Å². The zero-order valence-corrected chi connectivity index (χ0v) is 20.8. The fourth-order valence-corrected chi connectivity index (χ4v) is 4.53. The highest BCUT2D eigenvalue weighted by molar-refractivity contribution is 7.13.